The van der Waals surface area contributed by atoms with Gasteiger partial charge in [0, 0.05) is 12.6 Å². The first kappa shape index (κ1) is 21.9. The summed E-state index contributed by atoms with van der Waals surface area (Å²) in [5, 5.41) is 2.52. The number of benzene rings is 4. The summed E-state index contributed by atoms with van der Waals surface area (Å²) in [5.74, 6) is 0. The number of hydrogen-bond acceptors (Lipinski definition) is 3. The molecule has 6 aromatic rings. The molecule has 4 nitrogen and oxygen atoms in total. The molecule has 2 heterocycles. The zero-order valence-corrected chi connectivity index (χ0v) is 19.8. The lowest BCUT2D eigenvalue weighted by Crippen LogP contribution is -2.25. The number of aryl methyl sites for hydroxylation is 2. The molecule has 0 unspecified atom stereocenters. The molecule has 0 aliphatic rings. The Bertz CT molecular complexity index is 1740. The molecule has 0 spiro atoms. The van der Waals surface area contributed by atoms with Crippen molar-refractivity contribution in [2.75, 3.05) is 0 Å². The molecule has 2 aromatic heterocycles. The fourth-order valence-corrected chi connectivity index (χ4v) is 4.74. The highest BCUT2D eigenvalue weighted by Crippen LogP contribution is 2.20. The third-order valence-electron chi connectivity index (χ3n) is 6.58. The molecule has 0 radical (unpaired) electrons. The zero-order chi connectivity index (χ0) is 24.3. The Hall–Kier alpha value is -4.57. The quantitative estimate of drug-likeness (QED) is 0.288. The summed E-state index contributed by atoms with van der Waals surface area (Å²) in [7, 11) is 0. The minimum atomic E-state index is -0.128. The molecule has 4 heteroatoms. The molecule has 36 heavy (non-hydrogen) atoms. The molecule has 0 saturated carbocycles. The minimum Gasteiger partial charge on any atom is -0.267 e. The maximum Gasteiger partial charge on any atom is 0.278 e. The highest BCUT2D eigenvalue weighted by atomic mass is 16.1. The van der Waals surface area contributed by atoms with Gasteiger partial charge in [-0.25, -0.2) is 9.97 Å². The topological polar surface area (TPSA) is 47.8 Å². The van der Waals surface area contributed by atoms with Crippen molar-refractivity contribution in [1.29, 1.82) is 0 Å². The lowest BCUT2D eigenvalue weighted by Gasteiger charge is -2.13. The molecule has 0 fully saturated rings. The standard InChI is InChI=1S/C32H25N3O/c36-32-30(22-23-8-2-1-3-9-23)34-29-14-7-19-33-31(29)35(32)28-13-6-10-24(21-28)15-16-25-17-18-26-11-4-5-12-27(26)20-25/h1-14,17-21H,15-16,22H2. The Morgan fingerprint density at radius 1 is 0.639 bits per heavy atom. The van der Waals surface area contributed by atoms with Crippen molar-refractivity contribution in [2.45, 2.75) is 19.3 Å². The van der Waals surface area contributed by atoms with E-state index in [0.717, 1.165) is 24.1 Å². The van der Waals surface area contributed by atoms with Gasteiger partial charge in [0.1, 0.15) is 11.2 Å². The molecule has 6 rings (SSSR count). The summed E-state index contributed by atoms with van der Waals surface area (Å²) >= 11 is 0. The van der Waals surface area contributed by atoms with E-state index in [-0.39, 0.29) is 5.56 Å². The summed E-state index contributed by atoms with van der Waals surface area (Å²) in [6.07, 6.45) is 4.00. The number of aromatic nitrogens is 3. The van der Waals surface area contributed by atoms with Crippen LogP contribution in [-0.2, 0) is 19.3 Å². The monoisotopic (exact) mass is 467 g/mol. The second kappa shape index (κ2) is 9.59. The second-order valence-electron chi connectivity index (χ2n) is 9.06. The largest absolute Gasteiger partial charge is 0.278 e. The van der Waals surface area contributed by atoms with Crippen LogP contribution >= 0.6 is 0 Å². The van der Waals surface area contributed by atoms with Gasteiger partial charge in [-0.2, -0.15) is 0 Å². The van der Waals surface area contributed by atoms with Gasteiger partial charge in [0.15, 0.2) is 5.65 Å². The molecule has 4 aromatic carbocycles. The lowest BCUT2D eigenvalue weighted by atomic mass is 10.0. The van der Waals surface area contributed by atoms with Crippen molar-refractivity contribution >= 4 is 21.9 Å². The Morgan fingerprint density at radius 2 is 1.39 bits per heavy atom. The first-order valence-electron chi connectivity index (χ1n) is 12.2. The van der Waals surface area contributed by atoms with Crippen LogP contribution in [0.15, 0.2) is 120 Å². The van der Waals surface area contributed by atoms with E-state index in [1.165, 1.54) is 21.9 Å². The van der Waals surface area contributed by atoms with Crippen molar-refractivity contribution in [3.63, 3.8) is 0 Å². The fraction of sp³-hybridized carbons (Fsp3) is 0.0938. The minimum absolute atomic E-state index is 0.128. The van der Waals surface area contributed by atoms with Gasteiger partial charge in [-0.15, -0.1) is 0 Å². The molecular formula is C32H25N3O. The van der Waals surface area contributed by atoms with Gasteiger partial charge < -0.3 is 0 Å². The summed E-state index contributed by atoms with van der Waals surface area (Å²) in [6, 6.07) is 37.0. The van der Waals surface area contributed by atoms with E-state index < -0.39 is 0 Å². The van der Waals surface area contributed by atoms with Crippen molar-refractivity contribution in [3.8, 4) is 5.69 Å². The highest BCUT2D eigenvalue weighted by molar-refractivity contribution is 5.83. The molecule has 0 atom stereocenters. The van der Waals surface area contributed by atoms with Gasteiger partial charge in [0.2, 0.25) is 0 Å². The van der Waals surface area contributed by atoms with Crippen LogP contribution < -0.4 is 5.56 Å². The predicted octanol–water partition coefficient (Wildman–Crippen LogP) is 6.31. The molecule has 0 aliphatic carbocycles. The second-order valence-corrected chi connectivity index (χ2v) is 9.06. The van der Waals surface area contributed by atoms with Crippen LogP contribution in [0.2, 0.25) is 0 Å². The molecule has 0 bridgehead atoms. The van der Waals surface area contributed by atoms with Crippen LogP contribution in [0, 0.1) is 0 Å². The fourth-order valence-electron chi connectivity index (χ4n) is 4.74. The third kappa shape index (κ3) is 4.41. The average Bonchev–Trinajstić information content (AvgIpc) is 2.93. The van der Waals surface area contributed by atoms with Crippen molar-refractivity contribution in [3.05, 3.63) is 148 Å². The summed E-state index contributed by atoms with van der Waals surface area (Å²) in [5.41, 5.74) is 6.03. The van der Waals surface area contributed by atoms with Crippen molar-refractivity contribution in [1.82, 2.24) is 14.5 Å². The Labute approximate surface area is 209 Å². The van der Waals surface area contributed by atoms with Crippen molar-refractivity contribution < 1.29 is 0 Å². The van der Waals surface area contributed by atoms with E-state index in [1.807, 2.05) is 54.6 Å². The normalized spacial score (nSPS) is 11.2. The Balaban J connectivity index is 1.35. The number of pyridine rings is 1. The molecule has 0 aliphatic heterocycles. The van der Waals surface area contributed by atoms with Gasteiger partial charge in [-0.1, -0.05) is 84.9 Å². The van der Waals surface area contributed by atoms with E-state index in [9.17, 15) is 4.79 Å². The Kier molecular flexibility index (Phi) is 5.84. The average molecular weight is 468 g/mol. The first-order valence-corrected chi connectivity index (χ1v) is 12.2. The third-order valence-corrected chi connectivity index (χ3v) is 6.58. The summed E-state index contributed by atoms with van der Waals surface area (Å²) in [6.45, 7) is 0. The smallest absolute Gasteiger partial charge is 0.267 e. The van der Waals surface area contributed by atoms with E-state index in [4.69, 9.17) is 0 Å². The van der Waals surface area contributed by atoms with Crippen molar-refractivity contribution in [2.24, 2.45) is 0 Å². The van der Waals surface area contributed by atoms with Gasteiger partial charge in [-0.05, 0) is 64.6 Å². The summed E-state index contributed by atoms with van der Waals surface area (Å²) < 4.78 is 1.71. The maximum atomic E-state index is 13.7. The van der Waals surface area contributed by atoms with Crippen LogP contribution in [0.25, 0.3) is 27.6 Å². The molecule has 174 valence electrons. The van der Waals surface area contributed by atoms with E-state index in [2.05, 4.69) is 64.6 Å². The molecule has 0 N–H and O–H groups in total. The molecule has 0 amide bonds. The van der Waals surface area contributed by atoms with E-state index in [0.29, 0.717) is 23.3 Å². The van der Waals surface area contributed by atoms with Gasteiger partial charge >= 0.3 is 0 Å². The van der Waals surface area contributed by atoms with Crippen LogP contribution in [-0.4, -0.2) is 14.5 Å². The predicted molar refractivity (Wildman–Crippen MR) is 146 cm³/mol. The number of fused-ring (bicyclic) bond motifs is 2. The highest BCUT2D eigenvalue weighted by Gasteiger charge is 2.14. The summed E-state index contributed by atoms with van der Waals surface area (Å²) in [4.78, 5) is 22.9. The SMILES string of the molecule is O=c1c(Cc2ccccc2)nc2cccnc2n1-c1cccc(CCc2ccc3ccccc3c2)c1. The Morgan fingerprint density at radius 3 is 2.25 bits per heavy atom. The molecular weight excluding hydrogens is 442 g/mol. The molecule has 0 saturated heterocycles. The first-order chi connectivity index (χ1) is 17.7. The van der Waals surface area contributed by atoms with E-state index in [1.54, 1.807) is 10.8 Å². The zero-order valence-electron chi connectivity index (χ0n) is 19.8. The van der Waals surface area contributed by atoms with Gasteiger partial charge in [0.25, 0.3) is 5.56 Å². The van der Waals surface area contributed by atoms with E-state index >= 15 is 0 Å². The van der Waals surface area contributed by atoms with Gasteiger partial charge in [0.05, 0.1) is 5.69 Å². The number of hydrogen-bond donors (Lipinski definition) is 0. The van der Waals surface area contributed by atoms with Crippen LogP contribution in [0.4, 0.5) is 0 Å². The number of rotatable bonds is 6. The van der Waals surface area contributed by atoms with Crippen LogP contribution in [0.3, 0.4) is 0 Å². The maximum absolute atomic E-state index is 13.7. The number of nitrogens with zero attached hydrogens (tertiary/aromatic N) is 3. The van der Waals surface area contributed by atoms with Gasteiger partial charge in [-0.3, -0.25) is 9.36 Å². The van der Waals surface area contributed by atoms with Crippen LogP contribution in [0.5, 0.6) is 0 Å². The lowest BCUT2D eigenvalue weighted by molar-refractivity contribution is 0.916. The van der Waals surface area contributed by atoms with Crippen LogP contribution in [0.1, 0.15) is 22.4 Å².